The number of phenols is 2. The molecule has 2 aromatic rings. The average Bonchev–Trinajstić information content (AvgIpc) is 2.44. The van der Waals surface area contributed by atoms with Crippen LogP contribution < -0.4 is 0 Å². The minimum absolute atomic E-state index is 0.188. The molecule has 1 heterocycles. The fourth-order valence-electron chi connectivity index (χ4n) is 1.64. The maximum absolute atomic E-state index is 9.48. The van der Waals surface area contributed by atoms with Crippen LogP contribution in [-0.2, 0) is 9.47 Å². The Bertz CT molecular complexity index is 570. The van der Waals surface area contributed by atoms with E-state index in [2.05, 4.69) is 9.97 Å². The van der Waals surface area contributed by atoms with Crippen LogP contribution in [0.15, 0.2) is 30.5 Å². The van der Waals surface area contributed by atoms with Gasteiger partial charge in [-0.15, -0.1) is 0 Å². The van der Waals surface area contributed by atoms with Crippen molar-refractivity contribution in [1.82, 2.24) is 9.97 Å². The molecule has 0 aliphatic rings. The lowest BCUT2D eigenvalue weighted by Crippen LogP contribution is -2.07. The summed E-state index contributed by atoms with van der Waals surface area (Å²) in [4.78, 5) is 8.42. The van der Waals surface area contributed by atoms with E-state index in [-0.39, 0.29) is 11.5 Å². The van der Waals surface area contributed by atoms with E-state index < -0.39 is 6.29 Å². The second-order valence-electron chi connectivity index (χ2n) is 3.81. The van der Waals surface area contributed by atoms with Crippen molar-refractivity contribution in [3.05, 3.63) is 36.2 Å². The highest BCUT2D eigenvalue weighted by molar-refractivity contribution is 5.60. The Balaban J connectivity index is 2.40. The number of benzene rings is 1. The number of aromatic nitrogens is 2. The molecule has 1 aromatic heterocycles. The Morgan fingerprint density at radius 3 is 2.42 bits per heavy atom. The maximum Gasteiger partial charge on any atom is 0.200 e. The topological polar surface area (TPSA) is 84.7 Å². The second-order valence-corrected chi connectivity index (χ2v) is 3.81. The fourth-order valence-corrected chi connectivity index (χ4v) is 1.64. The molecule has 0 amide bonds. The van der Waals surface area contributed by atoms with E-state index in [0.717, 1.165) is 0 Å². The van der Waals surface area contributed by atoms with Gasteiger partial charge in [0.25, 0.3) is 0 Å². The monoisotopic (exact) mass is 262 g/mol. The molecule has 0 fully saturated rings. The molecule has 2 N–H and O–H groups in total. The minimum Gasteiger partial charge on any atom is -0.504 e. The molecule has 0 unspecified atom stereocenters. The van der Waals surface area contributed by atoms with E-state index in [1.807, 2.05) is 0 Å². The molecule has 0 bridgehead atoms. The molecule has 0 saturated heterocycles. The van der Waals surface area contributed by atoms with Crippen LogP contribution in [0.5, 0.6) is 11.5 Å². The summed E-state index contributed by atoms with van der Waals surface area (Å²) in [6, 6.07) is 6.07. The van der Waals surface area contributed by atoms with Gasteiger partial charge in [-0.3, -0.25) is 0 Å². The van der Waals surface area contributed by atoms with Gasteiger partial charge < -0.3 is 19.7 Å². The first-order valence-corrected chi connectivity index (χ1v) is 5.56. The molecular weight excluding hydrogens is 248 g/mol. The highest BCUT2D eigenvalue weighted by Crippen LogP contribution is 2.29. The zero-order valence-corrected chi connectivity index (χ0v) is 10.6. The van der Waals surface area contributed by atoms with E-state index >= 15 is 0 Å². The number of hydrogen-bond acceptors (Lipinski definition) is 6. The first-order chi connectivity index (χ1) is 9.15. The predicted molar refractivity (Wildman–Crippen MR) is 67.6 cm³/mol. The maximum atomic E-state index is 9.48. The van der Waals surface area contributed by atoms with Gasteiger partial charge in [-0.25, -0.2) is 9.97 Å². The van der Waals surface area contributed by atoms with Crippen LogP contribution in [0.2, 0.25) is 0 Å². The van der Waals surface area contributed by atoms with Crippen LogP contribution in [-0.4, -0.2) is 34.4 Å². The molecular formula is C13H14N2O4. The number of rotatable bonds is 4. The number of methoxy groups -OCH3 is 2. The number of aromatic hydroxyl groups is 2. The summed E-state index contributed by atoms with van der Waals surface area (Å²) in [5.41, 5.74) is 1.16. The summed E-state index contributed by atoms with van der Waals surface area (Å²) < 4.78 is 10.2. The standard InChI is InChI=1S/C13H14N2O4/c1-18-13(19-2)9-5-6-14-12(15-9)8-3-4-10(16)11(17)7-8/h3-7,13,16-17H,1-2H3. The normalized spacial score (nSPS) is 10.9. The number of hydrogen-bond donors (Lipinski definition) is 2. The second kappa shape index (κ2) is 5.64. The van der Waals surface area contributed by atoms with Gasteiger partial charge in [0.05, 0.1) is 0 Å². The van der Waals surface area contributed by atoms with Crippen LogP contribution in [0.4, 0.5) is 0 Å². The van der Waals surface area contributed by atoms with Crippen molar-refractivity contribution in [3.8, 4) is 22.9 Å². The molecule has 0 spiro atoms. The Morgan fingerprint density at radius 1 is 1.05 bits per heavy atom. The smallest absolute Gasteiger partial charge is 0.200 e. The third-order valence-electron chi connectivity index (χ3n) is 2.58. The summed E-state index contributed by atoms with van der Waals surface area (Å²) in [5.74, 6) is 0.000000262. The number of phenolic OH excluding ortho intramolecular Hbond substituents is 2. The Kier molecular flexibility index (Phi) is 3.94. The molecule has 6 nitrogen and oxygen atoms in total. The largest absolute Gasteiger partial charge is 0.504 e. The summed E-state index contributed by atoms with van der Waals surface area (Å²) >= 11 is 0. The lowest BCUT2D eigenvalue weighted by molar-refractivity contribution is -0.108. The summed E-state index contributed by atoms with van der Waals surface area (Å²) in [7, 11) is 3.03. The van der Waals surface area contributed by atoms with Crippen molar-refractivity contribution in [2.24, 2.45) is 0 Å². The van der Waals surface area contributed by atoms with E-state index in [1.54, 1.807) is 18.3 Å². The molecule has 2 rings (SSSR count). The average molecular weight is 262 g/mol. The summed E-state index contributed by atoms with van der Waals surface area (Å²) in [6.07, 6.45) is 1.000. The lowest BCUT2D eigenvalue weighted by atomic mass is 10.2. The van der Waals surface area contributed by atoms with Crippen molar-refractivity contribution in [3.63, 3.8) is 0 Å². The summed E-state index contributed by atoms with van der Waals surface area (Å²) in [6.45, 7) is 0. The zero-order valence-electron chi connectivity index (χ0n) is 10.6. The molecule has 1 aromatic carbocycles. The van der Waals surface area contributed by atoms with Crippen LogP contribution in [0.1, 0.15) is 12.0 Å². The molecule has 0 atom stereocenters. The van der Waals surface area contributed by atoms with Gasteiger partial charge in [-0.05, 0) is 24.3 Å². The van der Waals surface area contributed by atoms with E-state index in [9.17, 15) is 10.2 Å². The molecule has 6 heteroatoms. The molecule has 0 aliphatic carbocycles. The van der Waals surface area contributed by atoms with Gasteiger partial charge in [0.15, 0.2) is 17.3 Å². The fraction of sp³-hybridized carbons (Fsp3) is 0.231. The van der Waals surface area contributed by atoms with Crippen LogP contribution in [0, 0.1) is 0 Å². The SMILES string of the molecule is COC(OC)c1ccnc(-c2ccc(O)c(O)c2)n1. The molecule has 0 radical (unpaired) electrons. The number of ether oxygens (including phenoxy) is 2. The quantitative estimate of drug-likeness (QED) is 0.646. The molecule has 0 saturated carbocycles. The highest BCUT2D eigenvalue weighted by atomic mass is 16.7. The third-order valence-corrected chi connectivity index (χ3v) is 2.58. The Morgan fingerprint density at radius 2 is 1.79 bits per heavy atom. The summed E-state index contributed by atoms with van der Waals surface area (Å²) in [5, 5.41) is 18.8. The third kappa shape index (κ3) is 2.81. The van der Waals surface area contributed by atoms with Crippen LogP contribution in [0.25, 0.3) is 11.4 Å². The van der Waals surface area contributed by atoms with E-state index in [1.165, 1.54) is 26.4 Å². The van der Waals surface area contributed by atoms with Crippen molar-refractivity contribution >= 4 is 0 Å². The number of nitrogens with zero attached hydrogens (tertiary/aromatic N) is 2. The predicted octanol–water partition coefficient (Wildman–Crippen LogP) is 1.85. The zero-order chi connectivity index (χ0) is 13.8. The van der Waals surface area contributed by atoms with Crippen LogP contribution in [0.3, 0.4) is 0 Å². The highest BCUT2D eigenvalue weighted by Gasteiger charge is 2.13. The van der Waals surface area contributed by atoms with Crippen molar-refractivity contribution in [2.75, 3.05) is 14.2 Å². The van der Waals surface area contributed by atoms with Gasteiger partial charge in [0.1, 0.15) is 5.69 Å². The van der Waals surface area contributed by atoms with E-state index in [4.69, 9.17) is 9.47 Å². The van der Waals surface area contributed by atoms with Gasteiger partial charge in [0.2, 0.25) is 6.29 Å². The lowest BCUT2D eigenvalue weighted by Gasteiger charge is -2.13. The van der Waals surface area contributed by atoms with Gasteiger partial charge in [-0.2, -0.15) is 0 Å². The first-order valence-electron chi connectivity index (χ1n) is 5.56. The van der Waals surface area contributed by atoms with E-state index in [0.29, 0.717) is 17.1 Å². The molecule has 0 aliphatic heterocycles. The minimum atomic E-state index is -0.576. The van der Waals surface area contributed by atoms with Crippen molar-refractivity contribution < 1.29 is 19.7 Å². The Hall–Kier alpha value is -2.18. The Labute approximate surface area is 110 Å². The van der Waals surface area contributed by atoms with Crippen molar-refractivity contribution in [2.45, 2.75) is 6.29 Å². The van der Waals surface area contributed by atoms with Crippen molar-refractivity contribution in [1.29, 1.82) is 0 Å². The van der Waals surface area contributed by atoms with Crippen LogP contribution >= 0.6 is 0 Å². The van der Waals surface area contributed by atoms with Gasteiger partial charge in [-0.1, -0.05) is 0 Å². The van der Waals surface area contributed by atoms with Gasteiger partial charge in [0, 0.05) is 26.0 Å². The molecule has 19 heavy (non-hydrogen) atoms. The van der Waals surface area contributed by atoms with Gasteiger partial charge >= 0.3 is 0 Å². The molecule has 100 valence electrons. The first kappa shape index (κ1) is 13.3.